The molecule has 1 aliphatic carbocycles. The van der Waals surface area contributed by atoms with Crippen molar-refractivity contribution in [3.05, 3.63) is 70.2 Å². The standard InChI is InChI=1S/C25H31ClN2O2/c1-3-23(25(30)27-22-6-4-5-7-22)28(17-20-10-8-18(2)9-11-20)24(29)16-19-12-14-21(26)15-13-19/h8-15,22-23H,3-7,16-17H2,1-2H3,(H,27,30)/t23-/m0/s1. The Kier molecular flexibility index (Phi) is 7.92. The molecule has 2 aromatic rings. The number of hydrogen-bond donors (Lipinski definition) is 1. The van der Waals surface area contributed by atoms with Crippen LogP contribution in [-0.4, -0.2) is 28.8 Å². The second kappa shape index (κ2) is 10.6. The lowest BCUT2D eigenvalue weighted by molar-refractivity contribution is -0.141. The van der Waals surface area contributed by atoms with E-state index in [2.05, 4.69) is 5.32 Å². The molecule has 0 unspecified atom stereocenters. The summed E-state index contributed by atoms with van der Waals surface area (Å²) in [6, 6.07) is 15.2. The third-order valence-electron chi connectivity index (χ3n) is 5.83. The number of carbonyl (C=O) groups is 2. The SMILES string of the molecule is CC[C@@H](C(=O)NC1CCCC1)N(Cc1ccc(C)cc1)C(=O)Cc1ccc(Cl)cc1. The molecule has 1 N–H and O–H groups in total. The van der Waals surface area contributed by atoms with Crippen molar-refractivity contribution in [2.45, 2.75) is 71.0 Å². The van der Waals surface area contributed by atoms with Crippen LogP contribution in [0, 0.1) is 6.92 Å². The number of aryl methyl sites for hydroxylation is 1. The monoisotopic (exact) mass is 426 g/mol. The lowest BCUT2D eigenvalue weighted by atomic mass is 10.1. The summed E-state index contributed by atoms with van der Waals surface area (Å²) in [5.74, 6) is -0.0905. The number of hydrogen-bond acceptors (Lipinski definition) is 2. The van der Waals surface area contributed by atoms with Gasteiger partial charge < -0.3 is 10.2 Å². The summed E-state index contributed by atoms with van der Waals surface area (Å²) in [7, 11) is 0. The fraction of sp³-hybridized carbons (Fsp3) is 0.440. The molecule has 1 fully saturated rings. The highest BCUT2D eigenvalue weighted by molar-refractivity contribution is 6.30. The first-order valence-electron chi connectivity index (χ1n) is 10.9. The fourth-order valence-corrected chi connectivity index (χ4v) is 4.18. The largest absolute Gasteiger partial charge is 0.352 e. The van der Waals surface area contributed by atoms with Gasteiger partial charge in [0.15, 0.2) is 0 Å². The quantitative estimate of drug-likeness (QED) is 0.641. The van der Waals surface area contributed by atoms with E-state index < -0.39 is 6.04 Å². The van der Waals surface area contributed by atoms with Crippen molar-refractivity contribution in [1.29, 1.82) is 0 Å². The number of benzene rings is 2. The molecule has 0 bridgehead atoms. The van der Waals surface area contributed by atoms with E-state index in [1.54, 1.807) is 17.0 Å². The minimum atomic E-state index is -0.480. The first kappa shape index (κ1) is 22.4. The Morgan fingerprint density at radius 3 is 2.23 bits per heavy atom. The molecule has 2 amide bonds. The van der Waals surface area contributed by atoms with Crippen LogP contribution in [0.5, 0.6) is 0 Å². The Morgan fingerprint density at radius 2 is 1.63 bits per heavy atom. The molecule has 1 atom stereocenters. The van der Waals surface area contributed by atoms with Crippen molar-refractivity contribution in [2.24, 2.45) is 0 Å². The van der Waals surface area contributed by atoms with Crippen molar-refractivity contribution in [3.8, 4) is 0 Å². The zero-order valence-corrected chi connectivity index (χ0v) is 18.6. The van der Waals surface area contributed by atoms with Crippen LogP contribution in [0.2, 0.25) is 5.02 Å². The maximum atomic E-state index is 13.3. The van der Waals surface area contributed by atoms with Crippen LogP contribution in [0.1, 0.15) is 55.7 Å². The Balaban J connectivity index is 1.80. The maximum Gasteiger partial charge on any atom is 0.243 e. The number of rotatable bonds is 8. The molecule has 0 radical (unpaired) electrons. The van der Waals surface area contributed by atoms with E-state index >= 15 is 0 Å². The lowest BCUT2D eigenvalue weighted by Crippen LogP contribution is -2.51. The predicted octanol–water partition coefficient (Wildman–Crippen LogP) is 5.06. The summed E-state index contributed by atoms with van der Waals surface area (Å²) < 4.78 is 0. The number of amides is 2. The third-order valence-corrected chi connectivity index (χ3v) is 6.08. The van der Waals surface area contributed by atoms with Crippen LogP contribution >= 0.6 is 11.6 Å². The van der Waals surface area contributed by atoms with E-state index in [0.717, 1.165) is 36.8 Å². The Bertz CT molecular complexity index is 842. The number of nitrogens with zero attached hydrogens (tertiary/aromatic N) is 1. The van der Waals surface area contributed by atoms with Crippen LogP contribution in [-0.2, 0) is 22.6 Å². The smallest absolute Gasteiger partial charge is 0.243 e. The van der Waals surface area contributed by atoms with E-state index in [4.69, 9.17) is 11.6 Å². The lowest BCUT2D eigenvalue weighted by Gasteiger charge is -2.31. The number of carbonyl (C=O) groups excluding carboxylic acids is 2. The molecular weight excluding hydrogens is 396 g/mol. The molecule has 0 spiro atoms. The van der Waals surface area contributed by atoms with Gasteiger partial charge >= 0.3 is 0 Å². The Hall–Kier alpha value is -2.33. The average Bonchev–Trinajstić information content (AvgIpc) is 3.24. The average molecular weight is 427 g/mol. The molecule has 0 heterocycles. The highest BCUT2D eigenvalue weighted by Gasteiger charge is 2.30. The first-order valence-corrected chi connectivity index (χ1v) is 11.2. The molecule has 1 aliphatic rings. The minimum absolute atomic E-state index is 0.0408. The van der Waals surface area contributed by atoms with Crippen molar-refractivity contribution < 1.29 is 9.59 Å². The molecular formula is C25H31ClN2O2. The molecule has 0 saturated heterocycles. The molecule has 1 saturated carbocycles. The van der Waals surface area contributed by atoms with E-state index in [1.807, 2.05) is 50.2 Å². The van der Waals surface area contributed by atoms with Crippen molar-refractivity contribution in [2.75, 3.05) is 0 Å². The van der Waals surface area contributed by atoms with E-state index in [9.17, 15) is 9.59 Å². The molecule has 4 nitrogen and oxygen atoms in total. The molecule has 30 heavy (non-hydrogen) atoms. The van der Waals surface area contributed by atoms with Gasteiger partial charge in [0.25, 0.3) is 0 Å². The Labute approximate surface area is 184 Å². The van der Waals surface area contributed by atoms with Gasteiger partial charge in [-0.2, -0.15) is 0 Å². The number of halogens is 1. The summed E-state index contributed by atoms with van der Waals surface area (Å²) >= 11 is 5.98. The van der Waals surface area contributed by atoms with Crippen LogP contribution in [0.15, 0.2) is 48.5 Å². The van der Waals surface area contributed by atoms with Gasteiger partial charge in [0.1, 0.15) is 6.04 Å². The van der Waals surface area contributed by atoms with Crippen LogP contribution in [0.4, 0.5) is 0 Å². The van der Waals surface area contributed by atoms with E-state index in [-0.39, 0.29) is 24.3 Å². The van der Waals surface area contributed by atoms with Gasteiger partial charge in [0, 0.05) is 17.6 Å². The normalized spacial score (nSPS) is 15.0. The van der Waals surface area contributed by atoms with Crippen molar-refractivity contribution >= 4 is 23.4 Å². The molecule has 3 rings (SSSR count). The molecule has 0 aliphatic heterocycles. The van der Waals surface area contributed by atoms with Crippen molar-refractivity contribution in [1.82, 2.24) is 10.2 Å². The summed E-state index contributed by atoms with van der Waals surface area (Å²) in [5, 5.41) is 3.82. The molecule has 5 heteroatoms. The predicted molar refractivity (Wildman–Crippen MR) is 121 cm³/mol. The van der Waals surface area contributed by atoms with Gasteiger partial charge in [-0.05, 0) is 49.4 Å². The van der Waals surface area contributed by atoms with Gasteiger partial charge in [-0.3, -0.25) is 9.59 Å². The highest BCUT2D eigenvalue weighted by atomic mass is 35.5. The second-order valence-electron chi connectivity index (χ2n) is 8.22. The fourth-order valence-electron chi connectivity index (χ4n) is 4.06. The van der Waals surface area contributed by atoms with Crippen LogP contribution < -0.4 is 5.32 Å². The van der Waals surface area contributed by atoms with Gasteiger partial charge in [-0.25, -0.2) is 0 Å². The first-order chi connectivity index (χ1) is 14.5. The Morgan fingerprint density at radius 1 is 1.03 bits per heavy atom. The molecule has 0 aromatic heterocycles. The maximum absolute atomic E-state index is 13.3. The zero-order valence-electron chi connectivity index (χ0n) is 17.9. The summed E-state index contributed by atoms with van der Waals surface area (Å²) in [4.78, 5) is 28.2. The summed E-state index contributed by atoms with van der Waals surface area (Å²) in [5.41, 5.74) is 3.09. The van der Waals surface area contributed by atoms with Crippen LogP contribution in [0.3, 0.4) is 0 Å². The molecule has 160 valence electrons. The second-order valence-corrected chi connectivity index (χ2v) is 8.66. The molecule has 2 aromatic carbocycles. The topological polar surface area (TPSA) is 49.4 Å². The number of nitrogens with one attached hydrogen (secondary N) is 1. The van der Waals surface area contributed by atoms with E-state index in [0.29, 0.717) is 18.0 Å². The third kappa shape index (κ3) is 6.09. The minimum Gasteiger partial charge on any atom is -0.352 e. The zero-order chi connectivity index (χ0) is 21.5. The highest BCUT2D eigenvalue weighted by Crippen LogP contribution is 2.20. The van der Waals surface area contributed by atoms with Crippen molar-refractivity contribution in [3.63, 3.8) is 0 Å². The van der Waals surface area contributed by atoms with Gasteiger partial charge in [-0.15, -0.1) is 0 Å². The summed E-state index contributed by atoms with van der Waals surface area (Å²) in [6.07, 6.45) is 5.19. The van der Waals surface area contributed by atoms with Crippen LogP contribution in [0.25, 0.3) is 0 Å². The van der Waals surface area contributed by atoms with Gasteiger partial charge in [-0.1, -0.05) is 73.3 Å². The summed E-state index contributed by atoms with van der Waals surface area (Å²) in [6.45, 7) is 4.43. The van der Waals surface area contributed by atoms with E-state index in [1.165, 1.54) is 5.56 Å². The van der Waals surface area contributed by atoms with Gasteiger partial charge in [0.05, 0.1) is 6.42 Å². The van der Waals surface area contributed by atoms with Gasteiger partial charge in [0.2, 0.25) is 11.8 Å².